The van der Waals surface area contributed by atoms with E-state index < -0.39 is 0 Å². The lowest BCUT2D eigenvalue weighted by atomic mass is 9.89. The highest BCUT2D eigenvalue weighted by Crippen LogP contribution is 2.32. The number of piperidine rings is 1. The fourth-order valence-electron chi connectivity index (χ4n) is 4.94. The molecule has 2 aromatic heterocycles. The molecule has 1 fully saturated rings. The summed E-state index contributed by atoms with van der Waals surface area (Å²) in [4.78, 5) is 32.1. The number of phenols is 1. The SMILES string of the molecule is CCOc1ncc(Cl)cc1C(=O)N1CCC(c2ccc(NC(=O)c3c(C)oc4cc(O)ccc34)cc2)CC1. The minimum atomic E-state index is -0.270. The molecule has 0 atom stereocenters. The Kier molecular flexibility index (Phi) is 7.24. The number of halogens is 1. The monoisotopic (exact) mass is 533 g/mol. The van der Waals surface area contributed by atoms with Crippen molar-refractivity contribution in [3.8, 4) is 11.6 Å². The molecule has 0 radical (unpaired) electrons. The molecule has 0 bridgehead atoms. The van der Waals surface area contributed by atoms with E-state index in [2.05, 4.69) is 10.3 Å². The predicted molar refractivity (Wildman–Crippen MR) is 145 cm³/mol. The number of rotatable bonds is 6. The summed E-state index contributed by atoms with van der Waals surface area (Å²) in [5.74, 6) is 0.785. The van der Waals surface area contributed by atoms with Crippen LogP contribution in [0.25, 0.3) is 11.0 Å². The number of aromatic nitrogens is 1. The van der Waals surface area contributed by atoms with Gasteiger partial charge in [0.1, 0.15) is 22.7 Å². The fourth-order valence-corrected chi connectivity index (χ4v) is 5.10. The van der Waals surface area contributed by atoms with Crippen LogP contribution < -0.4 is 10.1 Å². The molecule has 8 nitrogen and oxygen atoms in total. The van der Waals surface area contributed by atoms with E-state index in [-0.39, 0.29) is 17.6 Å². The Balaban J connectivity index is 1.22. The number of carbonyl (C=O) groups is 2. The molecule has 0 spiro atoms. The van der Waals surface area contributed by atoms with Crippen LogP contribution in [0, 0.1) is 6.92 Å². The molecule has 3 heterocycles. The summed E-state index contributed by atoms with van der Waals surface area (Å²) < 4.78 is 11.2. The Morgan fingerprint density at radius 3 is 2.61 bits per heavy atom. The van der Waals surface area contributed by atoms with E-state index in [4.69, 9.17) is 20.8 Å². The molecule has 5 rings (SSSR count). The highest BCUT2D eigenvalue weighted by atomic mass is 35.5. The number of carbonyl (C=O) groups excluding carboxylic acids is 2. The third kappa shape index (κ3) is 5.17. The average Bonchev–Trinajstić information content (AvgIpc) is 3.24. The Morgan fingerprint density at radius 2 is 1.89 bits per heavy atom. The lowest BCUT2D eigenvalue weighted by Crippen LogP contribution is -2.38. The lowest BCUT2D eigenvalue weighted by Gasteiger charge is -2.32. The van der Waals surface area contributed by atoms with Gasteiger partial charge >= 0.3 is 0 Å². The summed E-state index contributed by atoms with van der Waals surface area (Å²) in [6.07, 6.45) is 3.12. The number of amides is 2. The molecule has 2 N–H and O–H groups in total. The van der Waals surface area contributed by atoms with Gasteiger partial charge in [0.25, 0.3) is 11.8 Å². The Bertz CT molecular complexity index is 1490. The zero-order valence-electron chi connectivity index (χ0n) is 21.2. The van der Waals surface area contributed by atoms with Crippen molar-refractivity contribution in [1.29, 1.82) is 0 Å². The predicted octanol–water partition coefficient (Wildman–Crippen LogP) is 6.17. The highest BCUT2D eigenvalue weighted by Gasteiger charge is 2.27. The van der Waals surface area contributed by atoms with Crippen molar-refractivity contribution in [2.75, 3.05) is 25.0 Å². The summed E-state index contributed by atoms with van der Waals surface area (Å²) in [7, 11) is 0. The first-order valence-electron chi connectivity index (χ1n) is 12.5. The van der Waals surface area contributed by atoms with Gasteiger partial charge < -0.3 is 24.5 Å². The van der Waals surface area contributed by atoms with E-state index in [0.717, 1.165) is 18.4 Å². The van der Waals surface area contributed by atoms with Gasteiger partial charge in [-0.15, -0.1) is 0 Å². The van der Waals surface area contributed by atoms with Crippen LogP contribution in [0.1, 0.15) is 57.7 Å². The largest absolute Gasteiger partial charge is 0.508 e. The van der Waals surface area contributed by atoms with Gasteiger partial charge in [0.15, 0.2) is 0 Å². The number of phenolic OH excluding ortho intramolecular Hbond substituents is 1. The van der Waals surface area contributed by atoms with Gasteiger partial charge in [0.05, 0.1) is 17.2 Å². The number of benzene rings is 2. The van der Waals surface area contributed by atoms with E-state index in [0.29, 0.717) is 70.1 Å². The van der Waals surface area contributed by atoms with E-state index >= 15 is 0 Å². The van der Waals surface area contributed by atoms with Crippen molar-refractivity contribution >= 4 is 40.1 Å². The van der Waals surface area contributed by atoms with Crippen LogP contribution in [0.15, 0.2) is 59.1 Å². The molecular formula is C29H28ClN3O5. The maximum atomic E-state index is 13.1. The quantitative estimate of drug-likeness (QED) is 0.307. The van der Waals surface area contributed by atoms with Crippen molar-refractivity contribution < 1.29 is 23.8 Å². The second kappa shape index (κ2) is 10.8. The highest BCUT2D eigenvalue weighted by molar-refractivity contribution is 6.30. The smallest absolute Gasteiger partial charge is 0.259 e. The minimum Gasteiger partial charge on any atom is -0.508 e. The lowest BCUT2D eigenvalue weighted by molar-refractivity contribution is 0.0707. The third-order valence-corrected chi connectivity index (χ3v) is 7.03. The summed E-state index contributed by atoms with van der Waals surface area (Å²) in [6, 6.07) is 14.1. The molecule has 0 aliphatic carbocycles. The number of ether oxygens (including phenoxy) is 1. The summed E-state index contributed by atoms with van der Waals surface area (Å²) >= 11 is 6.09. The summed E-state index contributed by atoms with van der Waals surface area (Å²) in [5.41, 5.74) is 3.14. The zero-order valence-corrected chi connectivity index (χ0v) is 21.9. The van der Waals surface area contributed by atoms with Crippen LogP contribution in [-0.2, 0) is 0 Å². The Morgan fingerprint density at radius 1 is 1.16 bits per heavy atom. The number of nitrogens with one attached hydrogen (secondary N) is 1. The number of aryl methyl sites for hydroxylation is 1. The molecule has 38 heavy (non-hydrogen) atoms. The Labute approximate surface area is 225 Å². The standard InChI is InChI=1S/C29H28ClN3O5/c1-3-37-28-24(14-20(30)16-31-28)29(36)33-12-10-19(11-13-33)18-4-6-21(7-5-18)32-27(35)26-17(2)38-25-15-22(34)8-9-23(25)26/h4-9,14-16,19,34H,3,10-13H2,1-2H3,(H,32,35). The van der Waals surface area contributed by atoms with Gasteiger partial charge in [-0.25, -0.2) is 4.98 Å². The fraction of sp³-hybridized carbons (Fsp3) is 0.276. The van der Waals surface area contributed by atoms with Crippen LogP contribution in [0.2, 0.25) is 5.02 Å². The van der Waals surface area contributed by atoms with Crippen LogP contribution in [0.4, 0.5) is 5.69 Å². The van der Waals surface area contributed by atoms with Crippen molar-refractivity contribution in [2.45, 2.75) is 32.6 Å². The molecule has 196 valence electrons. The Hall–Kier alpha value is -4.04. The van der Waals surface area contributed by atoms with Crippen molar-refractivity contribution in [3.63, 3.8) is 0 Å². The van der Waals surface area contributed by atoms with Crippen molar-refractivity contribution in [2.24, 2.45) is 0 Å². The number of nitrogens with zero attached hydrogens (tertiary/aromatic N) is 2. The molecular weight excluding hydrogens is 506 g/mol. The van der Waals surface area contributed by atoms with E-state index in [1.807, 2.05) is 36.1 Å². The summed E-state index contributed by atoms with van der Waals surface area (Å²) in [6.45, 7) is 5.22. The topological polar surface area (TPSA) is 105 Å². The molecule has 1 aliphatic rings. The number of anilines is 1. The molecule has 1 saturated heterocycles. The first-order valence-corrected chi connectivity index (χ1v) is 12.9. The van der Waals surface area contributed by atoms with Gasteiger partial charge in [0, 0.05) is 36.4 Å². The second-order valence-corrected chi connectivity index (χ2v) is 9.73. The van der Waals surface area contributed by atoms with Crippen LogP contribution in [-0.4, -0.2) is 46.5 Å². The number of likely N-dealkylation sites (tertiary alicyclic amines) is 1. The first kappa shape index (κ1) is 25.6. The molecule has 0 saturated carbocycles. The number of fused-ring (bicyclic) bond motifs is 1. The van der Waals surface area contributed by atoms with Gasteiger partial charge in [0.2, 0.25) is 5.88 Å². The number of aromatic hydroxyl groups is 1. The van der Waals surface area contributed by atoms with E-state index in [1.165, 1.54) is 18.3 Å². The normalized spacial score (nSPS) is 14.0. The molecule has 9 heteroatoms. The van der Waals surface area contributed by atoms with E-state index in [1.54, 1.807) is 19.1 Å². The number of hydrogen-bond acceptors (Lipinski definition) is 6. The average molecular weight is 534 g/mol. The molecule has 4 aromatic rings. The van der Waals surface area contributed by atoms with Crippen LogP contribution >= 0.6 is 11.6 Å². The van der Waals surface area contributed by atoms with Crippen molar-refractivity contribution in [1.82, 2.24) is 9.88 Å². The molecule has 2 amide bonds. The minimum absolute atomic E-state index is 0.0840. The number of pyridine rings is 1. The van der Waals surface area contributed by atoms with Crippen LogP contribution in [0.5, 0.6) is 11.6 Å². The molecule has 0 unspecified atom stereocenters. The van der Waals surface area contributed by atoms with Gasteiger partial charge in [-0.2, -0.15) is 0 Å². The first-order chi connectivity index (χ1) is 18.3. The van der Waals surface area contributed by atoms with Gasteiger partial charge in [-0.05, 0) is 68.5 Å². The van der Waals surface area contributed by atoms with Crippen LogP contribution in [0.3, 0.4) is 0 Å². The molecule has 2 aromatic carbocycles. The van der Waals surface area contributed by atoms with Gasteiger partial charge in [-0.1, -0.05) is 23.7 Å². The second-order valence-electron chi connectivity index (χ2n) is 9.30. The van der Waals surface area contributed by atoms with E-state index in [9.17, 15) is 14.7 Å². The molecule has 1 aliphatic heterocycles. The zero-order chi connectivity index (χ0) is 26.8. The third-order valence-electron chi connectivity index (χ3n) is 6.83. The summed E-state index contributed by atoms with van der Waals surface area (Å²) in [5, 5.41) is 13.7. The van der Waals surface area contributed by atoms with Gasteiger partial charge in [-0.3, -0.25) is 9.59 Å². The maximum absolute atomic E-state index is 13.1. The maximum Gasteiger partial charge on any atom is 0.259 e. The van der Waals surface area contributed by atoms with Crippen molar-refractivity contribution in [3.05, 3.63) is 82.2 Å². The number of furan rings is 1. The number of hydrogen-bond donors (Lipinski definition) is 2.